The summed E-state index contributed by atoms with van der Waals surface area (Å²) in [5.74, 6) is 0.411. The molecule has 0 bridgehead atoms. The second kappa shape index (κ2) is 4.74. The molecule has 0 fully saturated rings. The van der Waals surface area contributed by atoms with Crippen LogP contribution in [0.1, 0.15) is 24.2 Å². The van der Waals surface area contributed by atoms with Crippen LogP contribution in [0.25, 0.3) is 0 Å². The highest BCUT2D eigenvalue weighted by Gasteiger charge is 2.27. The Bertz CT molecular complexity index is 373. The SMILES string of the molecule is CN(C(=O)c1ccc(O)cc1)C(C)(C)CCl. The van der Waals surface area contributed by atoms with Crippen LogP contribution in [0.4, 0.5) is 0 Å². The molecule has 16 heavy (non-hydrogen) atoms. The zero-order chi connectivity index (χ0) is 12.3. The van der Waals surface area contributed by atoms with Crippen molar-refractivity contribution >= 4 is 17.5 Å². The lowest BCUT2D eigenvalue weighted by Crippen LogP contribution is -2.46. The average Bonchev–Trinajstić information content (AvgIpc) is 2.28. The quantitative estimate of drug-likeness (QED) is 0.826. The monoisotopic (exact) mass is 241 g/mol. The number of phenols is 1. The number of hydrogen-bond donors (Lipinski definition) is 1. The summed E-state index contributed by atoms with van der Waals surface area (Å²) in [6.07, 6.45) is 0. The molecule has 0 atom stereocenters. The normalized spacial score (nSPS) is 11.2. The number of phenolic OH excluding ortho intramolecular Hbond substituents is 1. The van der Waals surface area contributed by atoms with Crippen LogP contribution < -0.4 is 0 Å². The summed E-state index contributed by atoms with van der Waals surface area (Å²) in [5.41, 5.74) is 0.148. The third kappa shape index (κ3) is 2.67. The van der Waals surface area contributed by atoms with Crippen molar-refractivity contribution in [1.82, 2.24) is 4.90 Å². The number of carbonyl (C=O) groups is 1. The van der Waals surface area contributed by atoms with Crippen molar-refractivity contribution in [1.29, 1.82) is 0 Å². The number of halogens is 1. The van der Waals surface area contributed by atoms with Gasteiger partial charge in [0.2, 0.25) is 0 Å². The lowest BCUT2D eigenvalue weighted by Gasteiger charge is -2.33. The number of aromatic hydroxyl groups is 1. The lowest BCUT2D eigenvalue weighted by atomic mass is 10.0. The number of nitrogens with zero attached hydrogens (tertiary/aromatic N) is 1. The van der Waals surface area contributed by atoms with E-state index in [9.17, 15) is 4.79 Å². The van der Waals surface area contributed by atoms with E-state index < -0.39 is 5.54 Å². The Hall–Kier alpha value is -1.22. The van der Waals surface area contributed by atoms with Gasteiger partial charge in [-0.3, -0.25) is 4.79 Å². The first kappa shape index (κ1) is 12.8. The minimum absolute atomic E-state index is 0.106. The molecule has 0 aliphatic carbocycles. The first-order valence-corrected chi connectivity index (χ1v) is 5.55. The van der Waals surface area contributed by atoms with E-state index >= 15 is 0 Å². The second-order valence-electron chi connectivity index (χ2n) is 4.36. The average molecular weight is 242 g/mol. The fourth-order valence-electron chi connectivity index (χ4n) is 1.16. The lowest BCUT2D eigenvalue weighted by molar-refractivity contribution is 0.0660. The van der Waals surface area contributed by atoms with Gasteiger partial charge in [0.05, 0.1) is 5.54 Å². The van der Waals surface area contributed by atoms with E-state index in [1.807, 2.05) is 13.8 Å². The number of alkyl halides is 1. The molecule has 0 saturated heterocycles. The Balaban J connectivity index is 2.90. The maximum atomic E-state index is 12.0. The molecule has 0 aliphatic heterocycles. The van der Waals surface area contributed by atoms with Gasteiger partial charge in [0.25, 0.3) is 5.91 Å². The first-order valence-electron chi connectivity index (χ1n) is 5.01. The van der Waals surface area contributed by atoms with Crippen LogP contribution in [0.2, 0.25) is 0 Å². The predicted molar refractivity (Wildman–Crippen MR) is 65.0 cm³/mol. The van der Waals surface area contributed by atoms with E-state index in [4.69, 9.17) is 16.7 Å². The van der Waals surface area contributed by atoms with Gasteiger partial charge in [-0.25, -0.2) is 0 Å². The molecule has 0 unspecified atom stereocenters. The van der Waals surface area contributed by atoms with Crippen molar-refractivity contribution in [2.45, 2.75) is 19.4 Å². The summed E-state index contributed by atoms with van der Waals surface area (Å²) < 4.78 is 0. The highest BCUT2D eigenvalue weighted by Crippen LogP contribution is 2.18. The van der Waals surface area contributed by atoms with Gasteiger partial charge in [0, 0.05) is 18.5 Å². The molecule has 1 rings (SSSR count). The van der Waals surface area contributed by atoms with Crippen LogP contribution in [0, 0.1) is 0 Å². The molecule has 0 aromatic heterocycles. The molecular weight excluding hydrogens is 226 g/mol. The summed E-state index contributed by atoms with van der Waals surface area (Å²) in [6.45, 7) is 3.80. The van der Waals surface area contributed by atoms with Crippen molar-refractivity contribution in [3.63, 3.8) is 0 Å². The van der Waals surface area contributed by atoms with E-state index in [1.54, 1.807) is 24.1 Å². The van der Waals surface area contributed by atoms with Crippen LogP contribution >= 0.6 is 11.6 Å². The van der Waals surface area contributed by atoms with E-state index in [1.165, 1.54) is 12.1 Å². The summed E-state index contributed by atoms with van der Waals surface area (Å²) >= 11 is 5.81. The Morgan fingerprint density at radius 3 is 2.31 bits per heavy atom. The summed E-state index contributed by atoms with van der Waals surface area (Å²) in [4.78, 5) is 13.7. The summed E-state index contributed by atoms with van der Waals surface area (Å²) in [7, 11) is 1.72. The molecule has 1 N–H and O–H groups in total. The number of benzene rings is 1. The molecule has 88 valence electrons. The molecule has 0 aliphatic rings. The molecule has 3 nitrogen and oxygen atoms in total. The molecular formula is C12H16ClNO2. The minimum atomic E-state index is -0.392. The molecule has 1 amide bonds. The number of carbonyl (C=O) groups excluding carboxylic acids is 1. The largest absolute Gasteiger partial charge is 0.508 e. The maximum absolute atomic E-state index is 12.0. The topological polar surface area (TPSA) is 40.5 Å². The molecule has 0 saturated carbocycles. The zero-order valence-corrected chi connectivity index (χ0v) is 10.5. The van der Waals surface area contributed by atoms with Gasteiger partial charge < -0.3 is 10.0 Å². The third-order valence-electron chi connectivity index (χ3n) is 2.65. The highest BCUT2D eigenvalue weighted by atomic mass is 35.5. The Morgan fingerprint density at radius 2 is 1.88 bits per heavy atom. The van der Waals surface area contributed by atoms with Gasteiger partial charge >= 0.3 is 0 Å². The van der Waals surface area contributed by atoms with E-state index in [0.29, 0.717) is 11.4 Å². The fourth-order valence-corrected chi connectivity index (χ4v) is 1.34. The van der Waals surface area contributed by atoms with Crippen LogP contribution in [0.3, 0.4) is 0 Å². The van der Waals surface area contributed by atoms with E-state index in [2.05, 4.69) is 0 Å². The van der Waals surface area contributed by atoms with E-state index in [0.717, 1.165) is 0 Å². The van der Waals surface area contributed by atoms with Gasteiger partial charge in [0.1, 0.15) is 5.75 Å². The van der Waals surface area contributed by atoms with Crippen LogP contribution in [-0.4, -0.2) is 34.4 Å². The minimum Gasteiger partial charge on any atom is -0.508 e. The maximum Gasteiger partial charge on any atom is 0.254 e. The standard InChI is InChI=1S/C12H16ClNO2/c1-12(2,8-13)14(3)11(16)9-4-6-10(15)7-5-9/h4-7,15H,8H2,1-3H3. The van der Waals surface area contributed by atoms with Crippen molar-refractivity contribution in [3.8, 4) is 5.75 Å². The Morgan fingerprint density at radius 1 is 1.38 bits per heavy atom. The smallest absolute Gasteiger partial charge is 0.254 e. The summed E-state index contributed by atoms with van der Waals surface area (Å²) in [6, 6.07) is 6.18. The van der Waals surface area contributed by atoms with Gasteiger partial charge in [-0.15, -0.1) is 11.6 Å². The van der Waals surface area contributed by atoms with Gasteiger partial charge in [-0.2, -0.15) is 0 Å². The molecule has 0 spiro atoms. The zero-order valence-electron chi connectivity index (χ0n) is 9.70. The van der Waals surface area contributed by atoms with Crippen LogP contribution in [-0.2, 0) is 0 Å². The first-order chi connectivity index (χ1) is 7.38. The second-order valence-corrected chi connectivity index (χ2v) is 4.62. The fraction of sp³-hybridized carbons (Fsp3) is 0.417. The van der Waals surface area contributed by atoms with Crippen molar-refractivity contribution in [3.05, 3.63) is 29.8 Å². The van der Waals surface area contributed by atoms with Gasteiger partial charge in [-0.05, 0) is 38.1 Å². The van der Waals surface area contributed by atoms with Gasteiger partial charge in [0.15, 0.2) is 0 Å². The molecule has 4 heteroatoms. The number of rotatable bonds is 3. The van der Waals surface area contributed by atoms with Crippen LogP contribution in [0.5, 0.6) is 5.75 Å². The number of hydrogen-bond acceptors (Lipinski definition) is 2. The Labute approximate surface area is 101 Å². The summed E-state index contributed by atoms with van der Waals surface area (Å²) in [5, 5.41) is 9.14. The highest BCUT2D eigenvalue weighted by molar-refractivity contribution is 6.18. The van der Waals surface area contributed by atoms with Crippen molar-refractivity contribution < 1.29 is 9.90 Å². The van der Waals surface area contributed by atoms with Crippen molar-refractivity contribution in [2.75, 3.05) is 12.9 Å². The van der Waals surface area contributed by atoms with Crippen molar-refractivity contribution in [2.24, 2.45) is 0 Å². The van der Waals surface area contributed by atoms with E-state index in [-0.39, 0.29) is 11.7 Å². The third-order valence-corrected chi connectivity index (χ3v) is 3.31. The van der Waals surface area contributed by atoms with Gasteiger partial charge in [-0.1, -0.05) is 0 Å². The predicted octanol–water partition coefficient (Wildman–Crippen LogP) is 2.48. The molecule has 1 aromatic rings. The molecule has 0 heterocycles. The number of amides is 1. The molecule has 0 radical (unpaired) electrons. The Kier molecular flexibility index (Phi) is 3.81. The van der Waals surface area contributed by atoms with Crippen LogP contribution in [0.15, 0.2) is 24.3 Å². The molecule has 1 aromatic carbocycles.